The zero-order chi connectivity index (χ0) is 21.6. The van der Waals surface area contributed by atoms with E-state index < -0.39 is 16.1 Å². The Labute approximate surface area is 177 Å². The molecule has 0 aliphatic rings. The van der Waals surface area contributed by atoms with Gasteiger partial charge < -0.3 is 10.1 Å². The standard InChI is InChI=1S/C21H27ClN2O4S/c1-15(10-11-17-8-6-5-7-9-17)23-21(25)16(2)24(29(4,26)27)18-12-13-20(28-3)19(22)14-18/h5-9,12-16H,10-11H2,1-4H3,(H,23,25)/t15-,16+/m0/s1. The molecule has 2 aromatic rings. The summed E-state index contributed by atoms with van der Waals surface area (Å²) in [4.78, 5) is 12.8. The molecule has 0 heterocycles. The molecule has 1 N–H and O–H groups in total. The number of sulfonamides is 1. The monoisotopic (exact) mass is 438 g/mol. The van der Waals surface area contributed by atoms with Crippen molar-refractivity contribution in [2.45, 2.75) is 38.8 Å². The quantitative estimate of drug-likeness (QED) is 0.648. The molecule has 29 heavy (non-hydrogen) atoms. The molecular formula is C21H27ClN2O4S. The highest BCUT2D eigenvalue weighted by atomic mass is 35.5. The minimum atomic E-state index is -3.72. The molecule has 0 aliphatic heterocycles. The SMILES string of the molecule is COc1ccc(N([C@H](C)C(=O)N[C@@H](C)CCc2ccccc2)S(C)(=O)=O)cc1Cl. The number of methoxy groups -OCH3 is 1. The first-order valence-corrected chi connectivity index (χ1v) is 11.5. The van der Waals surface area contributed by atoms with E-state index in [1.54, 1.807) is 19.1 Å². The number of hydrogen-bond acceptors (Lipinski definition) is 4. The van der Waals surface area contributed by atoms with Gasteiger partial charge in [0.15, 0.2) is 0 Å². The van der Waals surface area contributed by atoms with Crippen LogP contribution in [0.4, 0.5) is 5.69 Å². The van der Waals surface area contributed by atoms with Gasteiger partial charge >= 0.3 is 0 Å². The van der Waals surface area contributed by atoms with Crippen LogP contribution in [-0.4, -0.2) is 39.8 Å². The minimum Gasteiger partial charge on any atom is -0.495 e. The number of halogens is 1. The summed E-state index contributed by atoms with van der Waals surface area (Å²) in [6.07, 6.45) is 2.63. The van der Waals surface area contributed by atoms with Gasteiger partial charge in [0.1, 0.15) is 11.8 Å². The zero-order valence-electron chi connectivity index (χ0n) is 17.1. The van der Waals surface area contributed by atoms with Gasteiger partial charge in [0, 0.05) is 6.04 Å². The number of benzene rings is 2. The molecule has 0 aliphatic carbocycles. The number of aryl methyl sites for hydroxylation is 1. The fourth-order valence-corrected chi connectivity index (χ4v) is 4.48. The van der Waals surface area contributed by atoms with E-state index in [-0.39, 0.29) is 17.0 Å². The van der Waals surface area contributed by atoms with Gasteiger partial charge in [-0.15, -0.1) is 0 Å². The van der Waals surface area contributed by atoms with Crippen molar-refractivity contribution in [2.24, 2.45) is 0 Å². The minimum absolute atomic E-state index is 0.106. The third kappa shape index (κ3) is 6.37. The lowest BCUT2D eigenvalue weighted by atomic mass is 10.1. The summed E-state index contributed by atoms with van der Waals surface area (Å²) in [5, 5.41) is 3.17. The summed E-state index contributed by atoms with van der Waals surface area (Å²) < 4.78 is 31.0. The molecule has 158 valence electrons. The maximum atomic E-state index is 12.8. The van der Waals surface area contributed by atoms with E-state index in [9.17, 15) is 13.2 Å². The highest BCUT2D eigenvalue weighted by Crippen LogP contribution is 2.31. The molecule has 0 spiro atoms. The Morgan fingerprint density at radius 1 is 1.17 bits per heavy atom. The molecule has 6 nitrogen and oxygen atoms in total. The summed E-state index contributed by atoms with van der Waals surface area (Å²) in [7, 11) is -2.24. The predicted octanol–water partition coefficient (Wildman–Crippen LogP) is 3.64. The summed E-state index contributed by atoms with van der Waals surface area (Å²) in [6.45, 7) is 3.46. The smallest absolute Gasteiger partial charge is 0.243 e. The van der Waals surface area contributed by atoms with Gasteiger partial charge in [-0.05, 0) is 50.5 Å². The summed E-state index contributed by atoms with van der Waals surface area (Å²) in [5.41, 5.74) is 1.49. The lowest BCUT2D eigenvalue weighted by molar-refractivity contribution is -0.122. The number of hydrogen-bond donors (Lipinski definition) is 1. The first-order chi connectivity index (χ1) is 13.6. The molecule has 0 bridgehead atoms. The second-order valence-corrected chi connectivity index (χ2v) is 9.25. The van der Waals surface area contributed by atoms with E-state index in [1.807, 2.05) is 37.3 Å². The molecule has 0 saturated heterocycles. The van der Waals surface area contributed by atoms with Crippen LogP contribution in [0.5, 0.6) is 5.75 Å². The molecule has 2 atom stereocenters. The van der Waals surface area contributed by atoms with Crippen molar-refractivity contribution >= 4 is 33.2 Å². The van der Waals surface area contributed by atoms with Crippen LogP contribution < -0.4 is 14.4 Å². The van der Waals surface area contributed by atoms with Crippen molar-refractivity contribution < 1.29 is 17.9 Å². The lowest BCUT2D eigenvalue weighted by Crippen LogP contribution is -2.50. The van der Waals surface area contributed by atoms with Gasteiger partial charge in [-0.1, -0.05) is 41.9 Å². The van der Waals surface area contributed by atoms with Gasteiger partial charge in [-0.25, -0.2) is 8.42 Å². The molecule has 0 saturated carbocycles. The number of nitrogens with one attached hydrogen (secondary N) is 1. The Morgan fingerprint density at radius 2 is 1.83 bits per heavy atom. The highest BCUT2D eigenvalue weighted by molar-refractivity contribution is 7.92. The Morgan fingerprint density at radius 3 is 2.38 bits per heavy atom. The van der Waals surface area contributed by atoms with E-state index >= 15 is 0 Å². The molecule has 0 unspecified atom stereocenters. The second kappa shape index (κ2) is 9.98. The molecule has 0 fully saturated rings. The van der Waals surface area contributed by atoms with Crippen LogP contribution in [0.2, 0.25) is 5.02 Å². The number of amides is 1. The van der Waals surface area contributed by atoms with Crippen molar-refractivity contribution in [1.82, 2.24) is 5.32 Å². The third-order valence-corrected chi connectivity index (χ3v) is 6.11. The van der Waals surface area contributed by atoms with E-state index in [0.717, 1.165) is 23.4 Å². The summed E-state index contributed by atoms with van der Waals surface area (Å²) in [5.74, 6) is 0.0541. The van der Waals surface area contributed by atoms with E-state index in [4.69, 9.17) is 16.3 Å². The summed E-state index contributed by atoms with van der Waals surface area (Å²) >= 11 is 6.14. The average Bonchev–Trinajstić information content (AvgIpc) is 2.66. The van der Waals surface area contributed by atoms with Crippen molar-refractivity contribution in [1.29, 1.82) is 0 Å². The van der Waals surface area contributed by atoms with Gasteiger partial charge in [-0.2, -0.15) is 0 Å². The van der Waals surface area contributed by atoms with Crippen LogP contribution in [0.25, 0.3) is 0 Å². The molecule has 8 heteroatoms. The van der Waals surface area contributed by atoms with Gasteiger partial charge in [0.2, 0.25) is 15.9 Å². The Balaban J connectivity index is 2.11. The second-order valence-electron chi connectivity index (χ2n) is 6.99. The number of carbonyl (C=O) groups excluding carboxylic acids is 1. The molecule has 2 aromatic carbocycles. The van der Waals surface area contributed by atoms with Crippen LogP contribution in [0, 0.1) is 0 Å². The molecule has 1 amide bonds. The van der Waals surface area contributed by atoms with Crippen LogP contribution in [0.1, 0.15) is 25.8 Å². The fraction of sp³-hybridized carbons (Fsp3) is 0.381. The molecule has 0 radical (unpaired) electrons. The van der Waals surface area contributed by atoms with E-state index in [0.29, 0.717) is 11.4 Å². The van der Waals surface area contributed by atoms with Crippen molar-refractivity contribution in [3.63, 3.8) is 0 Å². The van der Waals surface area contributed by atoms with Crippen LogP contribution in [0.3, 0.4) is 0 Å². The van der Waals surface area contributed by atoms with E-state index in [1.165, 1.54) is 18.7 Å². The largest absolute Gasteiger partial charge is 0.495 e. The predicted molar refractivity (Wildman–Crippen MR) is 117 cm³/mol. The summed E-state index contributed by atoms with van der Waals surface area (Å²) in [6, 6.07) is 13.6. The first kappa shape index (κ1) is 23.0. The third-order valence-electron chi connectivity index (χ3n) is 4.58. The van der Waals surface area contributed by atoms with Gasteiger partial charge in [0.25, 0.3) is 0 Å². The van der Waals surface area contributed by atoms with E-state index in [2.05, 4.69) is 5.32 Å². The first-order valence-electron chi connectivity index (χ1n) is 9.30. The number of anilines is 1. The molecular weight excluding hydrogens is 412 g/mol. The van der Waals surface area contributed by atoms with Gasteiger partial charge in [0.05, 0.1) is 24.1 Å². The Bertz CT molecular complexity index is 935. The Kier molecular flexibility index (Phi) is 7.93. The van der Waals surface area contributed by atoms with Crippen molar-refractivity contribution in [2.75, 3.05) is 17.7 Å². The highest BCUT2D eigenvalue weighted by Gasteiger charge is 2.30. The Hall–Kier alpha value is -2.25. The number of nitrogens with zero attached hydrogens (tertiary/aromatic N) is 1. The van der Waals surface area contributed by atoms with Crippen molar-refractivity contribution in [3.8, 4) is 5.75 Å². The molecule has 0 aromatic heterocycles. The number of ether oxygens (including phenoxy) is 1. The number of rotatable bonds is 9. The lowest BCUT2D eigenvalue weighted by Gasteiger charge is -2.29. The van der Waals surface area contributed by atoms with Crippen LogP contribution in [0.15, 0.2) is 48.5 Å². The fourth-order valence-electron chi connectivity index (χ4n) is 3.06. The van der Waals surface area contributed by atoms with Crippen molar-refractivity contribution in [3.05, 3.63) is 59.1 Å². The number of carbonyl (C=O) groups is 1. The topological polar surface area (TPSA) is 75.7 Å². The van der Waals surface area contributed by atoms with Crippen LogP contribution in [-0.2, 0) is 21.2 Å². The van der Waals surface area contributed by atoms with Gasteiger partial charge in [-0.3, -0.25) is 9.10 Å². The molecule has 2 rings (SSSR count). The zero-order valence-corrected chi connectivity index (χ0v) is 18.6. The average molecular weight is 439 g/mol. The van der Waals surface area contributed by atoms with Crippen LogP contribution >= 0.6 is 11.6 Å². The maximum absolute atomic E-state index is 12.8. The maximum Gasteiger partial charge on any atom is 0.243 e. The normalized spacial score (nSPS) is 13.4.